The molecule has 0 amide bonds. The molecular weight excluding hydrogens is 279 g/mol. The third-order valence-electron chi connectivity index (χ3n) is 3.07. The highest BCUT2D eigenvalue weighted by molar-refractivity contribution is 6.30. The summed E-state index contributed by atoms with van der Waals surface area (Å²) in [6, 6.07) is 7.63. The second-order valence-corrected chi connectivity index (χ2v) is 5.05. The van der Waals surface area contributed by atoms with Gasteiger partial charge in [0.25, 0.3) is 0 Å². The van der Waals surface area contributed by atoms with Crippen molar-refractivity contribution in [3.8, 4) is 5.75 Å². The van der Waals surface area contributed by atoms with Gasteiger partial charge in [-0.25, -0.2) is 4.39 Å². The van der Waals surface area contributed by atoms with Crippen molar-refractivity contribution >= 4 is 17.4 Å². The van der Waals surface area contributed by atoms with Crippen LogP contribution in [0.2, 0.25) is 5.02 Å². The van der Waals surface area contributed by atoms with Crippen molar-refractivity contribution in [3.05, 3.63) is 63.4 Å². The quantitative estimate of drug-likeness (QED) is 0.787. The molecule has 0 saturated heterocycles. The number of hydrogen-bond acceptors (Lipinski definition) is 2. The molecule has 0 heterocycles. The highest BCUT2D eigenvalue weighted by Crippen LogP contribution is 2.28. The lowest BCUT2D eigenvalue weighted by Gasteiger charge is -2.12. The van der Waals surface area contributed by atoms with Gasteiger partial charge in [0.2, 0.25) is 0 Å². The minimum atomic E-state index is -0.635. The van der Waals surface area contributed by atoms with Crippen LogP contribution in [0.25, 0.3) is 0 Å². The lowest BCUT2D eigenvalue weighted by Crippen LogP contribution is -2.09. The molecule has 0 spiro atoms. The number of ether oxygens (including phenoxy) is 1. The summed E-state index contributed by atoms with van der Waals surface area (Å²) in [5, 5.41) is 0.256. The molecule has 0 saturated carbocycles. The van der Waals surface area contributed by atoms with Gasteiger partial charge in [-0.05, 0) is 49.2 Å². The molecule has 2 aromatic rings. The summed E-state index contributed by atoms with van der Waals surface area (Å²) in [4.78, 5) is 12.5. The molecule has 20 heavy (non-hydrogen) atoms. The second-order valence-electron chi connectivity index (χ2n) is 4.61. The lowest BCUT2D eigenvalue weighted by atomic mass is 9.96. The van der Waals surface area contributed by atoms with Crippen LogP contribution in [-0.4, -0.2) is 12.9 Å². The van der Waals surface area contributed by atoms with Crippen molar-refractivity contribution in [1.82, 2.24) is 0 Å². The van der Waals surface area contributed by atoms with E-state index in [0.717, 1.165) is 17.2 Å². The Hall–Kier alpha value is -1.87. The maximum Gasteiger partial charge on any atom is 0.199 e. The zero-order valence-electron chi connectivity index (χ0n) is 11.5. The average Bonchev–Trinajstić information content (AvgIpc) is 2.37. The molecule has 0 aliphatic rings. The number of carbonyl (C=O) groups excluding carboxylic acids is 1. The van der Waals surface area contributed by atoms with Crippen LogP contribution in [0.3, 0.4) is 0 Å². The Kier molecular flexibility index (Phi) is 4.09. The van der Waals surface area contributed by atoms with Crippen LogP contribution in [0.1, 0.15) is 27.0 Å². The van der Waals surface area contributed by atoms with E-state index in [4.69, 9.17) is 16.3 Å². The van der Waals surface area contributed by atoms with Gasteiger partial charge in [0.1, 0.15) is 11.6 Å². The number of hydrogen-bond donors (Lipinski definition) is 0. The topological polar surface area (TPSA) is 26.3 Å². The molecular formula is C16H14ClFO2. The SMILES string of the molecule is COc1cc(C)cc(C)c1C(=O)c1ccc(Cl)cc1F. The van der Waals surface area contributed by atoms with Crippen LogP contribution in [0.15, 0.2) is 30.3 Å². The van der Waals surface area contributed by atoms with Gasteiger partial charge in [-0.2, -0.15) is 0 Å². The summed E-state index contributed by atoms with van der Waals surface area (Å²) in [6.45, 7) is 3.71. The first-order valence-corrected chi connectivity index (χ1v) is 6.47. The maximum absolute atomic E-state index is 13.9. The summed E-state index contributed by atoms with van der Waals surface area (Å²) in [6.07, 6.45) is 0. The average molecular weight is 293 g/mol. The molecule has 104 valence electrons. The third-order valence-corrected chi connectivity index (χ3v) is 3.30. The van der Waals surface area contributed by atoms with Crippen molar-refractivity contribution < 1.29 is 13.9 Å². The van der Waals surface area contributed by atoms with Gasteiger partial charge in [0, 0.05) is 5.02 Å². The molecule has 0 N–H and O–H groups in total. The van der Waals surface area contributed by atoms with Crippen molar-refractivity contribution in [2.24, 2.45) is 0 Å². The molecule has 0 aliphatic heterocycles. The highest BCUT2D eigenvalue weighted by atomic mass is 35.5. The molecule has 2 rings (SSSR count). The third kappa shape index (κ3) is 2.68. The van der Waals surface area contributed by atoms with E-state index in [9.17, 15) is 9.18 Å². The fourth-order valence-electron chi connectivity index (χ4n) is 2.19. The second kappa shape index (κ2) is 5.63. The Morgan fingerprint density at radius 3 is 2.50 bits per heavy atom. The van der Waals surface area contributed by atoms with Gasteiger partial charge in [0.15, 0.2) is 5.78 Å². The number of ketones is 1. The van der Waals surface area contributed by atoms with Gasteiger partial charge in [0.05, 0.1) is 18.2 Å². The van der Waals surface area contributed by atoms with Crippen molar-refractivity contribution in [1.29, 1.82) is 0 Å². The number of carbonyl (C=O) groups is 1. The van der Waals surface area contributed by atoms with E-state index >= 15 is 0 Å². The van der Waals surface area contributed by atoms with Crippen LogP contribution in [0, 0.1) is 19.7 Å². The number of halogens is 2. The standard InChI is InChI=1S/C16H14ClFO2/c1-9-6-10(2)15(14(7-9)20-3)16(19)12-5-4-11(17)8-13(12)18/h4-8H,1-3H3. The molecule has 0 fully saturated rings. The van der Waals surface area contributed by atoms with E-state index in [1.165, 1.54) is 19.2 Å². The Morgan fingerprint density at radius 1 is 1.20 bits per heavy atom. The summed E-state index contributed by atoms with van der Waals surface area (Å²) in [5.41, 5.74) is 2.09. The predicted octanol–water partition coefficient (Wildman–Crippen LogP) is 4.34. The van der Waals surface area contributed by atoms with Gasteiger partial charge < -0.3 is 4.74 Å². The van der Waals surface area contributed by atoms with E-state index in [1.54, 1.807) is 13.0 Å². The Morgan fingerprint density at radius 2 is 1.90 bits per heavy atom. The van der Waals surface area contributed by atoms with Crippen LogP contribution in [0.5, 0.6) is 5.75 Å². The normalized spacial score (nSPS) is 10.4. The Labute approximate surface area is 122 Å². The van der Waals surface area contributed by atoms with Gasteiger partial charge in [-0.3, -0.25) is 4.79 Å². The summed E-state index contributed by atoms with van der Waals surface area (Å²) < 4.78 is 19.1. The monoisotopic (exact) mass is 292 g/mol. The van der Waals surface area contributed by atoms with Gasteiger partial charge in [-0.1, -0.05) is 17.7 Å². The van der Waals surface area contributed by atoms with Gasteiger partial charge >= 0.3 is 0 Å². The van der Waals surface area contributed by atoms with Crippen molar-refractivity contribution in [2.75, 3.05) is 7.11 Å². The summed E-state index contributed by atoms with van der Waals surface area (Å²) in [7, 11) is 1.49. The largest absolute Gasteiger partial charge is 0.496 e. The van der Waals surface area contributed by atoms with Crippen LogP contribution >= 0.6 is 11.6 Å². The molecule has 0 atom stereocenters. The molecule has 0 aromatic heterocycles. The van der Waals surface area contributed by atoms with Crippen LogP contribution in [-0.2, 0) is 0 Å². The fourth-order valence-corrected chi connectivity index (χ4v) is 2.35. The Balaban J connectivity index is 2.59. The molecule has 0 bridgehead atoms. The lowest BCUT2D eigenvalue weighted by molar-refractivity contribution is 0.103. The number of benzene rings is 2. The highest BCUT2D eigenvalue weighted by Gasteiger charge is 2.20. The molecule has 0 unspecified atom stereocenters. The van der Waals surface area contributed by atoms with E-state index in [-0.39, 0.29) is 10.6 Å². The minimum Gasteiger partial charge on any atom is -0.496 e. The maximum atomic E-state index is 13.9. The first-order chi connectivity index (χ1) is 9.43. The van der Waals surface area contributed by atoms with Crippen molar-refractivity contribution in [2.45, 2.75) is 13.8 Å². The Bertz CT molecular complexity index is 680. The summed E-state index contributed by atoms with van der Waals surface area (Å²) >= 11 is 5.70. The molecule has 2 aromatic carbocycles. The van der Waals surface area contributed by atoms with Crippen molar-refractivity contribution in [3.63, 3.8) is 0 Å². The molecule has 4 heteroatoms. The molecule has 0 radical (unpaired) electrons. The van der Waals surface area contributed by atoms with E-state index in [0.29, 0.717) is 11.3 Å². The first-order valence-electron chi connectivity index (χ1n) is 6.09. The zero-order valence-corrected chi connectivity index (χ0v) is 12.2. The van der Waals surface area contributed by atoms with E-state index < -0.39 is 11.6 Å². The first kappa shape index (κ1) is 14.5. The molecule has 2 nitrogen and oxygen atoms in total. The van der Waals surface area contributed by atoms with E-state index in [1.807, 2.05) is 13.0 Å². The van der Waals surface area contributed by atoms with Crippen LogP contribution < -0.4 is 4.74 Å². The minimum absolute atomic E-state index is 0.0142. The van der Waals surface area contributed by atoms with Crippen LogP contribution in [0.4, 0.5) is 4.39 Å². The molecule has 0 aliphatic carbocycles. The van der Waals surface area contributed by atoms with Gasteiger partial charge in [-0.15, -0.1) is 0 Å². The number of methoxy groups -OCH3 is 1. The number of aryl methyl sites for hydroxylation is 2. The predicted molar refractivity (Wildman–Crippen MR) is 77.3 cm³/mol. The van der Waals surface area contributed by atoms with E-state index in [2.05, 4.69) is 0 Å². The smallest absolute Gasteiger partial charge is 0.199 e. The zero-order chi connectivity index (χ0) is 14.9. The fraction of sp³-hybridized carbons (Fsp3) is 0.188. The number of rotatable bonds is 3. The summed E-state index contributed by atoms with van der Waals surface area (Å²) in [5.74, 6) is -0.597.